The molecule has 2 aromatic carbocycles. The molecule has 2 aromatic rings. The molecule has 3 aliphatic heterocycles. The number of rotatable bonds is 0. The Bertz CT molecular complexity index is 870. The van der Waals surface area contributed by atoms with Crippen LogP contribution in [0.1, 0.15) is 11.1 Å². The molecule has 0 atom stereocenters. The molecule has 8 nitrogen and oxygen atoms in total. The molecule has 8 heteroatoms. The Labute approximate surface area is 198 Å². The predicted octanol–water partition coefficient (Wildman–Crippen LogP) is 3.30. The van der Waals surface area contributed by atoms with Gasteiger partial charge >= 0.3 is 11.9 Å². The molecule has 0 saturated carbocycles. The highest BCUT2D eigenvalue weighted by Crippen LogP contribution is 2.14. The van der Waals surface area contributed by atoms with E-state index in [1.807, 2.05) is 48.5 Å². The molecule has 0 aliphatic carbocycles. The van der Waals surface area contributed by atoms with Gasteiger partial charge in [0.05, 0.1) is 26.4 Å². The first-order valence-electron chi connectivity index (χ1n) is 11.0. The van der Waals surface area contributed by atoms with Crippen molar-refractivity contribution in [2.75, 3.05) is 52.9 Å². The van der Waals surface area contributed by atoms with E-state index in [1.165, 1.54) is 12.2 Å². The van der Waals surface area contributed by atoms with Crippen molar-refractivity contribution in [1.29, 1.82) is 0 Å². The minimum absolute atomic E-state index is 0.103. The van der Waals surface area contributed by atoms with Crippen molar-refractivity contribution in [3.63, 3.8) is 0 Å². The summed E-state index contributed by atoms with van der Waals surface area (Å²) in [5, 5.41) is 0. The van der Waals surface area contributed by atoms with Crippen LogP contribution in [-0.2, 0) is 28.5 Å². The zero-order valence-electron chi connectivity index (χ0n) is 18.9. The van der Waals surface area contributed by atoms with Crippen molar-refractivity contribution in [1.82, 2.24) is 0 Å². The van der Waals surface area contributed by atoms with E-state index < -0.39 is 11.9 Å². The molecule has 0 saturated heterocycles. The maximum absolute atomic E-state index is 11.8. The van der Waals surface area contributed by atoms with Crippen LogP contribution in [0.3, 0.4) is 0 Å². The summed E-state index contributed by atoms with van der Waals surface area (Å²) in [7, 11) is 0. The van der Waals surface area contributed by atoms with E-state index in [9.17, 15) is 9.59 Å². The van der Waals surface area contributed by atoms with Crippen molar-refractivity contribution in [2.24, 2.45) is 0 Å². The molecule has 4 bridgehead atoms. The lowest BCUT2D eigenvalue weighted by Crippen LogP contribution is -2.13. The second-order valence-electron chi connectivity index (χ2n) is 7.06. The first-order chi connectivity index (χ1) is 16.7. The first-order valence-corrected chi connectivity index (χ1v) is 11.0. The molecule has 0 radical (unpaired) electrons. The fraction of sp³-hybridized carbons (Fsp3) is 0.308. The van der Waals surface area contributed by atoms with Gasteiger partial charge in [-0.2, -0.15) is 0 Å². The van der Waals surface area contributed by atoms with Gasteiger partial charge in [0.1, 0.15) is 37.9 Å². The summed E-state index contributed by atoms with van der Waals surface area (Å²) in [5.41, 5.74) is 1.68. The van der Waals surface area contributed by atoms with E-state index in [0.717, 1.165) is 11.1 Å². The van der Waals surface area contributed by atoms with E-state index >= 15 is 0 Å². The lowest BCUT2D eigenvalue weighted by atomic mass is 10.2. The van der Waals surface area contributed by atoms with E-state index in [1.54, 1.807) is 12.2 Å². The molecule has 3 heterocycles. The fourth-order valence-corrected chi connectivity index (χ4v) is 2.82. The monoisotopic (exact) mass is 468 g/mol. The van der Waals surface area contributed by atoms with Crippen LogP contribution in [0.15, 0.2) is 60.7 Å². The summed E-state index contributed by atoms with van der Waals surface area (Å²) >= 11 is 0. The van der Waals surface area contributed by atoms with Gasteiger partial charge in [-0.15, -0.1) is 0 Å². The Morgan fingerprint density at radius 2 is 0.765 bits per heavy atom. The largest absolute Gasteiger partial charge is 0.491 e. The molecule has 0 unspecified atom stereocenters. The molecule has 3 aliphatic rings. The van der Waals surface area contributed by atoms with Crippen LogP contribution in [0.4, 0.5) is 0 Å². The smallest absolute Gasteiger partial charge is 0.330 e. The lowest BCUT2D eigenvalue weighted by Gasteiger charge is -2.09. The minimum Gasteiger partial charge on any atom is -0.491 e. The summed E-state index contributed by atoms with van der Waals surface area (Å²) in [6, 6.07) is 14.7. The van der Waals surface area contributed by atoms with E-state index in [0.29, 0.717) is 37.9 Å². The number of benzene rings is 2. The Morgan fingerprint density at radius 1 is 0.412 bits per heavy atom. The van der Waals surface area contributed by atoms with Gasteiger partial charge in [-0.3, -0.25) is 0 Å². The summed E-state index contributed by atoms with van der Waals surface area (Å²) in [6.07, 6.45) is 6.01. The van der Waals surface area contributed by atoms with Crippen molar-refractivity contribution in [3.05, 3.63) is 71.8 Å². The molecule has 0 amide bonds. The van der Waals surface area contributed by atoms with Crippen LogP contribution in [0.25, 0.3) is 12.2 Å². The van der Waals surface area contributed by atoms with Crippen LogP contribution in [0, 0.1) is 0 Å². The molecule has 5 rings (SSSR count). The Hall–Kier alpha value is -3.62. The average molecular weight is 469 g/mol. The van der Waals surface area contributed by atoms with Crippen LogP contribution < -0.4 is 9.47 Å². The van der Waals surface area contributed by atoms with Gasteiger partial charge in [-0.05, 0) is 47.5 Å². The SMILES string of the molecule is O=C1C=Cc2ccc(cc2)OCCOCCOc2ccc(cc2)/C=C\C(=O)OCCOCCO1. The standard InChI is InChI=1S/C26H28O8/c27-25-11-5-21-1-7-23(8-2-21)31-17-13-29-14-18-32-24-9-3-22(4-10-24)6-12-26(28)34-20-16-30-15-19-33-25/h1-12H,13-20H2/b11-5-,12-6?. The van der Waals surface area contributed by atoms with Gasteiger partial charge in [0.25, 0.3) is 0 Å². The normalized spacial score (nSPS) is 18.0. The molecule has 0 fully saturated rings. The quantitative estimate of drug-likeness (QED) is 0.544. The average Bonchev–Trinajstić information content (AvgIpc) is 2.86. The number of ether oxygens (including phenoxy) is 6. The van der Waals surface area contributed by atoms with Crippen LogP contribution >= 0.6 is 0 Å². The van der Waals surface area contributed by atoms with E-state index in [-0.39, 0.29) is 26.4 Å². The molecule has 0 spiro atoms. The van der Waals surface area contributed by atoms with Crippen molar-refractivity contribution in [2.45, 2.75) is 0 Å². The Balaban J connectivity index is 1.51. The van der Waals surface area contributed by atoms with E-state index in [2.05, 4.69) is 0 Å². The van der Waals surface area contributed by atoms with Gasteiger partial charge in [-0.1, -0.05) is 24.3 Å². The molecular formula is C26H28O8. The summed E-state index contributed by atoms with van der Waals surface area (Å²) in [6.45, 7) is 2.30. The highest BCUT2D eigenvalue weighted by molar-refractivity contribution is 5.87. The molecule has 180 valence electrons. The number of hydrogen-bond acceptors (Lipinski definition) is 8. The van der Waals surface area contributed by atoms with Crippen molar-refractivity contribution in [3.8, 4) is 11.5 Å². The highest BCUT2D eigenvalue weighted by atomic mass is 16.6. The first kappa shape index (κ1) is 25.0. The fourth-order valence-electron chi connectivity index (χ4n) is 2.82. The second-order valence-corrected chi connectivity index (χ2v) is 7.06. The number of hydrogen-bond donors (Lipinski definition) is 0. The third-order valence-electron chi connectivity index (χ3n) is 4.52. The van der Waals surface area contributed by atoms with Gasteiger partial charge < -0.3 is 28.4 Å². The van der Waals surface area contributed by atoms with Gasteiger partial charge in [0, 0.05) is 12.2 Å². The Kier molecular flexibility index (Phi) is 10.7. The van der Waals surface area contributed by atoms with Crippen LogP contribution in [-0.4, -0.2) is 64.8 Å². The predicted molar refractivity (Wildman–Crippen MR) is 125 cm³/mol. The maximum Gasteiger partial charge on any atom is 0.330 e. The van der Waals surface area contributed by atoms with Crippen molar-refractivity contribution < 1.29 is 38.0 Å². The topological polar surface area (TPSA) is 89.5 Å². The van der Waals surface area contributed by atoms with Gasteiger partial charge in [-0.25, -0.2) is 9.59 Å². The zero-order chi connectivity index (χ0) is 23.8. The lowest BCUT2D eigenvalue weighted by molar-refractivity contribution is -0.140. The highest BCUT2D eigenvalue weighted by Gasteiger charge is 2.01. The summed E-state index contributed by atoms with van der Waals surface area (Å²) < 4.78 is 32.3. The maximum atomic E-state index is 11.8. The zero-order valence-corrected chi connectivity index (χ0v) is 18.9. The molecule has 34 heavy (non-hydrogen) atoms. The van der Waals surface area contributed by atoms with Crippen molar-refractivity contribution >= 4 is 24.1 Å². The second kappa shape index (κ2) is 14.5. The molecule has 0 aromatic heterocycles. The number of carbonyl (C=O) groups excluding carboxylic acids is 2. The molecule has 0 N–H and O–H groups in total. The summed E-state index contributed by atoms with van der Waals surface area (Å²) in [4.78, 5) is 23.6. The molecular weight excluding hydrogens is 440 g/mol. The third-order valence-corrected chi connectivity index (χ3v) is 4.52. The van der Waals surface area contributed by atoms with E-state index in [4.69, 9.17) is 28.4 Å². The summed E-state index contributed by atoms with van der Waals surface area (Å²) in [5.74, 6) is 0.486. The minimum atomic E-state index is -0.470. The van der Waals surface area contributed by atoms with Gasteiger partial charge in [0.15, 0.2) is 0 Å². The number of carbonyl (C=O) groups is 2. The third kappa shape index (κ3) is 9.89. The van der Waals surface area contributed by atoms with Crippen LogP contribution in [0.5, 0.6) is 11.5 Å². The van der Waals surface area contributed by atoms with Gasteiger partial charge in [0.2, 0.25) is 0 Å². The van der Waals surface area contributed by atoms with Crippen LogP contribution in [0.2, 0.25) is 0 Å². The number of fused-ring (bicyclic) bond motifs is 2. The number of esters is 2. The Morgan fingerprint density at radius 3 is 1.15 bits per heavy atom.